The molecule has 1 amide bonds. The zero-order valence-corrected chi connectivity index (χ0v) is 14.4. The Kier molecular flexibility index (Phi) is 4.55. The van der Waals surface area contributed by atoms with Crippen LogP contribution in [0.3, 0.4) is 0 Å². The summed E-state index contributed by atoms with van der Waals surface area (Å²) in [4.78, 5) is 26.6. The molecule has 0 spiro atoms. The minimum Gasteiger partial charge on any atom is -0.480 e. The fourth-order valence-corrected chi connectivity index (χ4v) is 3.68. The molecule has 24 heavy (non-hydrogen) atoms. The lowest BCUT2D eigenvalue weighted by molar-refractivity contribution is -0.140. The number of carbonyl (C=O) groups excluding carboxylic acids is 1. The van der Waals surface area contributed by atoms with E-state index >= 15 is 0 Å². The summed E-state index contributed by atoms with van der Waals surface area (Å²) in [6.45, 7) is -0.411. The molecule has 0 radical (unpaired) electrons. The van der Waals surface area contributed by atoms with Crippen molar-refractivity contribution in [2.45, 2.75) is 0 Å². The van der Waals surface area contributed by atoms with Crippen LogP contribution in [-0.4, -0.2) is 39.8 Å². The topological polar surface area (TPSA) is 60.9 Å². The lowest BCUT2D eigenvalue weighted by Crippen LogP contribution is -2.33. The van der Waals surface area contributed by atoms with Crippen molar-refractivity contribution in [1.29, 1.82) is 0 Å². The number of nitrogens with zero attached hydrogens (tertiary/aromatic N) is 2. The third kappa shape index (κ3) is 3.13. The van der Waals surface area contributed by atoms with Gasteiger partial charge in [-0.2, -0.15) is 0 Å². The summed E-state index contributed by atoms with van der Waals surface area (Å²) in [6, 6.07) is 7.98. The maximum Gasteiger partial charge on any atom is 0.323 e. The molecule has 1 N–H and O–H groups in total. The lowest BCUT2D eigenvalue weighted by atomic mass is 10.00. The normalized spacial score (nSPS) is 20.2. The number of hydrogen-bond donors (Lipinski definition) is 1. The van der Waals surface area contributed by atoms with Crippen LogP contribution in [0.25, 0.3) is 5.57 Å². The van der Waals surface area contributed by atoms with Gasteiger partial charge in [-0.1, -0.05) is 48.3 Å². The summed E-state index contributed by atoms with van der Waals surface area (Å²) in [5, 5.41) is 8.86. The summed E-state index contributed by atoms with van der Waals surface area (Å²) in [5.74, 6) is -1.45. The van der Waals surface area contributed by atoms with Crippen LogP contribution in [0.2, 0.25) is 0 Å². The van der Waals surface area contributed by atoms with Crippen molar-refractivity contribution in [1.82, 2.24) is 4.90 Å². The molecule has 5 nitrogen and oxygen atoms in total. The van der Waals surface area contributed by atoms with Crippen LogP contribution in [0.1, 0.15) is 5.56 Å². The lowest BCUT2D eigenvalue weighted by Gasteiger charge is -2.23. The van der Waals surface area contributed by atoms with E-state index in [2.05, 4.69) is 0 Å². The molecule has 0 aliphatic carbocycles. The van der Waals surface area contributed by atoms with E-state index in [-0.39, 0.29) is 10.2 Å². The van der Waals surface area contributed by atoms with E-state index in [9.17, 15) is 9.59 Å². The summed E-state index contributed by atoms with van der Waals surface area (Å²) < 4.78 is 0.270. The number of rotatable bonds is 3. The van der Waals surface area contributed by atoms with Crippen LogP contribution in [0.15, 0.2) is 53.6 Å². The van der Waals surface area contributed by atoms with E-state index in [0.717, 1.165) is 33.5 Å². The first-order valence-electron chi connectivity index (χ1n) is 7.15. The third-order valence-corrected chi connectivity index (χ3v) is 5.05. The van der Waals surface area contributed by atoms with Gasteiger partial charge in [-0.3, -0.25) is 14.5 Å². The van der Waals surface area contributed by atoms with Gasteiger partial charge in [-0.15, -0.1) is 0 Å². The average molecular weight is 358 g/mol. The number of amides is 1. The number of carboxylic acid groups (broad SMARTS) is 1. The van der Waals surface area contributed by atoms with Gasteiger partial charge in [-0.25, -0.2) is 0 Å². The number of anilines is 1. The van der Waals surface area contributed by atoms with E-state index in [4.69, 9.17) is 17.3 Å². The van der Waals surface area contributed by atoms with Crippen molar-refractivity contribution in [3.63, 3.8) is 0 Å². The van der Waals surface area contributed by atoms with Crippen LogP contribution in [-0.2, 0) is 9.59 Å². The number of thioether (sulfide) groups is 1. The fourth-order valence-electron chi connectivity index (χ4n) is 2.48. The molecular weight excluding hydrogens is 344 g/mol. The Labute approximate surface area is 148 Å². The first-order chi connectivity index (χ1) is 11.5. The molecule has 2 aliphatic heterocycles. The molecule has 0 saturated carbocycles. The van der Waals surface area contributed by atoms with Crippen LogP contribution in [0.5, 0.6) is 0 Å². The molecule has 2 aliphatic rings. The van der Waals surface area contributed by atoms with Gasteiger partial charge < -0.3 is 10.0 Å². The second-order valence-electron chi connectivity index (χ2n) is 5.25. The molecule has 1 fully saturated rings. The first kappa shape index (κ1) is 16.5. The fraction of sp³-hybridized carbons (Fsp3) is 0.118. The molecule has 0 unspecified atom stereocenters. The monoisotopic (exact) mass is 358 g/mol. The molecule has 1 aromatic rings. The molecule has 2 heterocycles. The van der Waals surface area contributed by atoms with Crippen molar-refractivity contribution < 1.29 is 14.7 Å². The predicted molar refractivity (Wildman–Crippen MR) is 99.6 cm³/mol. The van der Waals surface area contributed by atoms with Crippen molar-refractivity contribution in [3.05, 3.63) is 59.2 Å². The van der Waals surface area contributed by atoms with Gasteiger partial charge in [0.25, 0.3) is 5.91 Å². The van der Waals surface area contributed by atoms with Crippen LogP contribution in [0, 0.1) is 0 Å². The minimum absolute atomic E-state index is 0.270. The van der Waals surface area contributed by atoms with Crippen LogP contribution >= 0.6 is 24.0 Å². The zero-order valence-electron chi connectivity index (χ0n) is 12.8. The van der Waals surface area contributed by atoms with Gasteiger partial charge in [0.15, 0.2) is 0 Å². The number of carboxylic acids is 1. The second kappa shape index (κ2) is 6.62. The summed E-state index contributed by atoms with van der Waals surface area (Å²) in [7, 11) is 1.98. The molecule has 1 aromatic carbocycles. The van der Waals surface area contributed by atoms with Crippen LogP contribution < -0.4 is 4.90 Å². The van der Waals surface area contributed by atoms with Crippen molar-refractivity contribution >= 4 is 51.4 Å². The van der Waals surface area contributed by atoms with Gasteiger partial charge in [0, 0.05) is 24.5 Å². The van der Waals surface area contributed by atoms with Gasteiger partial charge in [-0.05, 0) is 23.8 Å². The maximum atomic E-state index is 12.3. The summed E-state index contributed by atoms with van der Waals surface area (Å²) in [6.07, 6.45) is 7.48. The van der Waals surface area contributed by atoms with Crippen molar-refractivity contribution in [2.75, 3.05) is 18.5 Å². The van der Waals surface area contributed by atoms with E-state index in [0.29, 0.717) is 4.91 Å². The highest BCUT2D eigenvalue weighted by Crippen LogP contribution is 2.34. The number of carbonyl (C=O) groups is 2. The Morgan fingerprint density at radius 2 is 2.08 bits per heavy atom. The molecule has 1 saturated heterocycles. The molecule has 0 aromatic heterocycles. The molecule has 7 heteroatoms. The Balaban J connectivity index is 1.89. The Hall–Kier alpha value is -2.38. The molecular formula is C17H14N2O3S2. The average Bonchev–Trinajstić information content (AvgIpc) is 2.82. The number of hydrogen-bond acceptors (Lipinski definition) is 5. The van der Waals surface area contributed by atoms with Crippen molar-refractivity contribution in [2.24, 2.45) is 0 Å². The SMILES string of the molecule is CN1C=CC(=CC=C2SC(=S)N(CC(=O)O)C2=O)c2ccccc21. The highest BCUT2D eigenvalue weighted by Gasteiger charge is 2.33. The zero-order chi connectivity index (χ0) is 17.3. The third-order valence-electron chi connectivity index (χ3n) is 3.65. The number of benzene rings is 1. The Morgan fingerprint density at radius 3 is 2.83 bits per heavy atom. The number of fused-ring (bicyclic) bond motifs is 1. The number of thiocarbonyl (C=S) groups is 1. The second-order valence-corrected chi connectivity index (χ2v) is 6.93. The van der Waals surface area contributed by atoms with E-state index in [1.54, 1.807) is 6.08 Å². The van der Waals surface area contributed by atoms with Crippen LogP contribution in [0.4, 0.5) is 5.69 Å². The first-order valence-corrected chi connectivity index (χ1v) is 8.38. The summed E-state index contributed by atoms with van der Waals surface area (Å²) >= 11 is 6.21. The van der Waals surface area contributed by atoms with Gasteiger partial charge >= 0.3 is 5.97 Å². The highest BCUT2D eigenvalue weighted by molar-refractivity contribution is 8.26. The number of para-hydroxylation sites is 1. The number of allylic oxidation sites excluding steroid dienone is 4. The maximum absolute atomic E-state index is 12.3. The van der Waals surface area contributed by atoms with Gasteiger partial charge in [0.05, 0.1) is 4.91 Å². The van der Waals surface area contributed by atoms with E-state index in [1.165, 1.54) is 0 Å². The molecule has 0 bridgehead atoms. The Morgan fingerprint density at radius 1 is 1.33 bits per heavy atom. The van der Waals surface area contributed by atoms with Crippen molar-refractivity contribution in [3.8, 4) is 0 Å². The minimum atomic E-state index is -1.09. The highest BCUT2D eigenvalue weighted by atomic mass is 32.2. The predicted octanol–water partition coefficient (Wildman–Crippen LogP) is 2.86. The number of aliphatic carboxylic acids is 1. The smallest absolute Gasteiger partial charge is 0.323 e. The van der Waals surface area contributed by atoms with E-state index < -0.39 is 12.5 Å². The quantitative estimate of drug-likeness (QED) is 0.662. The molecule has 0 atom stereocenters. The largest absolute Gasteiger partial charge is 0.480 e. The van der Waals surface area contributed by atoms with Gasteiger partial charge in [0.2, 0.25) is 0 Å². The van der Waals surface area contributed by atoms with E-state index in [1.807, 2.05) is 54.6 Å². The van der Waals surface area contributed by atoms with Gasteiger partial charge in [0.1, 0.15) is 10.9 Å². The Bertz CT molecular complexity index is 827. The standard InChI is InChI=1S/C17H14N2O3S2/c1-18-9-8-11(12-4-2-3-5-13(12)18)6-7-14-16(22)19(10-15(20)21)17(23)24-14/h2-9H,10H2,1H3,(H,20,21). The molecule has 3 rings (SSSR count). The molecule has 122 valence electrons. The summed E-state index contributed by atoms with van der Waals surface area (Å²) in [5.41, 5.74) is 3.13.